The Labute approximate surface area is 127 Å². The quantitative estimate of drug-likeness (QED) is 0.810. The first-order valence-electron chi connectivity index (χ1n) is 7.89. The van der Waals surface area contributed by atoms with Crippen LogP contribution in [0.1, 0.15) is 38.7 Å². The lowest BCUT2D eigenvalue weighted by Gasteiger charge is -2.37. The molecule has 0 aliphatic carbocycles. The molecule has 21 heavy (non-hydrogen) atoms. The monoisotopic (exact) mass is 292 g/mol. The summed E-state index contributed by atoms with van der Waals surface area (Å²) >= 11 is 0. The van der Waals surface area contributed by atoms with Gasteiger partial charge in [0.2, 0.25) is 0 Å². The van der Waals surface area contributed by atoms with Crippen molar-refractivity contribution in [2.45, 2.75) is 51.3 Å². The average Bonchev–Trinajstić information content (AvgIpc) is 2.77. The maximum atomic E-state index is 9.53. The molecule has 1 fully saturated rings. The van der Waals surface area contributed by atoms with E-state index in [1.165, 1.54) is 5.56 Å². The van der Waals surface area contributed by atoms with E-state index in [1.54, 1.807) is 0 Å². The van der Waals surface area contributed by atoms with Crippen molar-refractivity contribution in [2.24, 2.45) is 11.7 Å². The molecule has 1 aromatic rings. The topological polar surface area (TPSA) is 58.7 Å². The van der Waals surface area contributed by atoms with Gasteiger partial charge in [-0.15, -0.1) is 0 Å². The van der Waals surface area contributed by atoms with E-state index in [1.807, 2.05) is 18.2 Å². The Kier molecular flexibility index (Phi) is 5.76. The highest BCUT2D eigenvalue weighted by Crippen LogP contribution is 2.40. The van der Waals surface area contributed by atoms with E-state index in [2.05, 4.69) is 31.0 Å². The number of nitrogens with zero attached hydrogens (tertiary/aromatic N) is 1. The van der Waals surface area contributed by atoms with Crippen molar-refractivity contribution in [1.82, 2.24) is 5.06 Å². The first kappa shape index (κ1) is 16.4. The molecule has 2 atom stereocenters. The number of hydrogen-bond donors (Lipinski definition) is 2. The summed E-state index contributed by atoms with van der Waals surface area (Å²) in [5.41, 5.74) is 6.94. The largest absolute Gasteiger partial charge is 0.396 e. The molecule has 1 saturated heterocycles. The van der Waals surface area contributed by atoms with Gasteiger partial charge in [-0.25, -0.2) is 0 Å². The fraction of sp³-hybridized carbons (Fsp3) is 0.647. The van der Waals surface area contributed by atoms with Crippen LogP contribution >= 0.6 is 0 Å². The van der Waals surface area contributed by atoms with Crippen LogP contribution in [0.2, 0.25) is 0 Å². The molecule has 118 valence electrons. The van der Waals surface area contributed by atoms with Crippen LogP contribution in [-0.4, -0.2) is 35.0 Å². The third-order valence-electron chi connectivity index (χ3n) is 4.21. The highest BCUT2D eigenvalue weighted by Gasteiger charge is 2.46. The lowest BCUT2D eigenvalue weighted by molar-refractivity contribution is -0.199. The second kappa shape index (κ2) is 7.36. The van der Waals surface area contributed by atoms with Crippen LogP contribution in [0.25, 0.3) is 0 Å². The lowest BCUT2D eigenvalue weighted by atomic mass is 9.81. The molecule has 0 saturated carbocycles. The number of hydroxylamine groups is 2. The summed E-state index contributed by atoms with van der Waals surface area (Å²) in [6, 6.07) is 10.3. The third-order valence-corrected chi connectivity index (χ3v) is 4.21. The van der Waals surface area contributed by atoms with Gasteiger partial charge in [0.05, 0.1) is 11.6 Å². The maximum absolute atomic E-state index is 9.53. The van der Waals surface area contributed by atoms with Gasteiger partial charge in [0.25, 0.3) is 0 Å². The molecule has 3 N–H and O–H groups in total. The third kappa shape index (κ3) is 4.04. The van der Waals surface area contributed by atoms with Gasteiger partial charge in [-0.2, -0.15) is 5.06 Å². The van der Waals surface area contributed by atoms with Gasteiger partial charge in [-0.05, 0) is 30.7 Å². The molecule has 1 aliphatic heterocycles. The van der Waals surface area contributed by atoms with Crippen molar-refractivity contribution in [3.8, 4) is 0 Å². The van der Waals surface area contributed by atoms with E-state index in [0.717, 1.165) is 25.8 Å². The second-order valence-electron chi connectivity index (χ2n) is 6.49. The summed E-state index contributed by atoms with van der Waals surface area (Å²) in [5, 5.41) is 11.6. The van der Waals surface area contributed by atoms with Crippen LogP contribution in [0.15, 0.2) is 30.3 Å². The minimum Gasteiger partial charge on any atom is -0.396 e. The molecular formula is C17H28N2O2. The molecule has 0 radical (unpaired) electrons. The molecule has 0 bridgehead atoms. The fourth-order valence-electron chi connectivity index (χ4n) is 3.42. The van der Waals surface area contributed by atoms with Crippen molar-refractivity contribution in [1.29, 1.82) is 0 Å². The zero-order chi connectivity index (χ0) is 15.3. The number of rotatable bonds is 7. The highest BCUT2D eigenvalue weighted by atomic mass is 16.7. The molecule has 0 spiro atoms. The Balaban J connectivity index is 2.20. The molecule has 0 amide bonds. The van der Waals surface area contributed by atoms with Gasteiger partial charge in [0.1, 0.15) is 0 Å². The zero-order valence-electron chi connectivity index (χ0n) is 13.2. The molecule has 4 nitrogen and oxygen atoms in total. The van der Waals surface area contributed by atoms with Crippen LogP contribution in [0.3, 0.4) is 0 Å². The van der Waals surface area contributed by atoms with Crippen LogP contribution in [0.5, 0.6) is 0 Å². The Morgan fingerprint density at radius 3 is 2.67 bits per heavy atom. The van der Waals surface area contributed by atoms with Gasteiger partial charge < -0.3 is 10.8 Å². The van der Waals surface area contributed by atoms with Crippen LogP contribution < -0.4 is 5.73 Å². The normalized spacial score (nSPS) is 26.6. The minimum atomic E-state index is -0.108. The van der Waals surface area contributed by atoms with Crippen molar-refractivity contribution in [2.75, 3.05) is 13.2 Å². The molecule has 2 rings (SSSR count). The summed E-state index contributed by atoms with van der Waals surface area (Å²) in [5.74, 6) is 0.551. The fourth-order valence-corrected chi connectivity index (χ4v) is 3.42. The Morgan fingerprint density at radius 2 is 2.10 bits per heavy atom. The van der Waals surface area contributed by atoms with Crippen LogP contribution in [-0.2, 0) is 11.4 Å². The number of aliphatic hydroxyl groups excluding tert-OH is 1. The van der Waals surface area contributed by atoms with Crippen molar-refractivity contribution < 1.29 is 9.94 Å². The Bertz CT molecular complexity index is 424. The van der Waals surface area contributed by atoms with Gasteiger partial charge in [-0.1, -0.05) is 44.2 Å². The molecule has 0 unspecified atom stereocenters. The second-order valence-corrected chi connectivity index (χ2v) is 6.49. The molecular weight excluding hydrogens is 264 g/mol. The van der Waals surface area contributed by atoms with E-state index in [4.69, 9.17) is 10.6 Å². The van der Waals surface area contributed by atoms with Gasteiger partial charge in [-0.3, -0.25) is 4.84 Å². The average molecular weight is 292 g/mol. The molecule has 4 heteroatoms. The SMILES string of the molecule is CC(C)C[C@]1(CCO)C[C@H](CN)ON1Cc1ccccc1. The van der Waals surface area contributed by atoms with E-state index in [0.29, 0.717) is 12.5 Å². The van der Waals surface area contributed by atoms with Crippen molar-refractivity contribution in [3.05, 3.63) is 35.9 Å². The van der Waals surface area contributed by atoms with E-state index in [-0.39, 0.29) is 18.2 Å². The van der Waals surface area contributed by atoms with Crippen LogP contribution in [0, 0.1) is 5.92 Å². The van der Waals surface area contributed by atoms with Crippen molar-refractivity contribution in [3.63, 3.8) is 0 Å². The first-order chi connectivity index (χ1) is 10.1. The van der Waals surface area contributed by atoms with E-state index < -0.39 is 0 Å². The smallest absolute Gasteiger partial charge is 0.0934 e. The van der Waals surface area contributed by atoms with E-state index >= 15 is 0 Å². The zero-order valence-corrected chi connectivity index (χ0v) is 13.2. The van der Waals surface area contributed by atoms with Crippen molar-refractivity contribution >= 4 is 0 Å². The Morgan fingerprint density at radius 1 is 1.38 bits per heavy atom. The predicted octanol–water partition coefficient (Wildman–Crippen LogP) is 2.32. The lowest BCUT2D eigenvalue weighted by Crippen LogP contribution is -2.44. The van der Waals surface area contributed by atoms with Gasteiger partial charge in [0.15, 0.2) is 0 Å². The molecule has 1 heterocycles. The predicted molar refractivity (Wildman–Crippen MR) is 84.4 cm³/mol. The number of hydrogen-bond acceptors (Lipinski definition) is 4. The molecule has 0 aromatic heterocycles. The maximum Gasteiger partial charge on any atom is 0.0934 e. The minimum absolute atomic E-state index is 0.0546. The summed E-state index contributed by atoms with van der Waals surface area (Å²) in [4.78, 5) is 6.08. The summed E-state index contributed by atoms with van der Waals surface area (Å²) in [7, 11) is 0. The first-order valence-corrected chi connectivity index (χ1v) is 7.89. The van der Waals surface area contributed by atoms with Crippen LogP contribution in [0.4, 0.5) is 0 Å². The molecule has 1 aliphatic rings. The van der Waals surface area contributed by atoms with E-state index in [9.17, 15) is 5.11 Å². The summed E-state index contributed by atoms with van der Waals surface area (Å²) in [6.07, 6.45) is 2.69. The highest BCUT2D eigenvalue weighted by molar-refractivity contribution is 5.15. The summed E-state index contributed by atoms with van der Waals surface area (Å²) < 4.78 is 0. The molecule has 1 aromatic carbocycles. The number of benzene rings is 1. The number of nitrogens with two attached hydrogens (primary N) is 1. The standard InChI is InChI=1S/C17H28N2O2/c1-14(2)10-17(8-9-20)11-16(12-18)21-19(17)13-15-6-4-3-5-7-15/h3-7,14,16,20H,8-13,18H2,1-2H3/t16-,17-/m1/s1. The summed E-state index contributed by atoms with van der Waals surface area (Å²) in [6.45, 7) is 5.88. The Hall–Kier alpha value is -0.940. The number of aliphatic hydroxyl groups is 1. The van der Waals surface area contributed by atoms with Gasteiger partial charge >= 0.3 is 0 Å². The van der Waals surface area contributed by atoms with Gasteiger partial charge in [0, 0.05) is 19.7 Å².